The van der Waals surface area contributed by atoms with Gasteiger partial charge in [-0.25, -0.2) is 0 Å². The average Bonchev–Trinajstić information content (AvgIpc) is 2.84. The number of ketones is 1. The van der Waals surface area contributed by atoms with E-state index >= 15 is 0 Å². The van der Waals surface area contributed by atoms with Crippen LogP contribution in [-0.4, -0.2) is 17.5 Å². The Balaban J connectivity index is 2.53. The Morgan fingerprint density at radius 1 is 1.21 bits per heavy atom. The van der Waals surface area contributed by atoms with Gasteiger partial charge in [-0.15, -0.1) is 0 Å². The first kappa shape index (κ1) is 17.5. The van der Waals surface area contributed by atoms with Crippen molar-refractivity contribution in [2.24, 2.45) is 16.6 Å². The van der Waals surface area contributed by atoms with E-state index < -0.39 is 29.6 Å². The quantitative estimate of drug-likeness (QED) is 0.805. The van der Waals surface area contributed by atoms with E-state index in [1.54, 1.807) is 0 Å². The second kappa shape index (κ2) is 6.34. The van der Waals surface area contributed by atoms with Crippen LogP contribution in [0.5, 0.6) is 0 Å². The predicted molar refractivity (Wildman–Crippen MR) is 85.0 cm³/mol. The molecule has 1 aliphatic carbocycles. The van der Waals surface area contributed by atoms with Gasteiger partial charge in [0, 0.05) is 29.1 Å². The molecule has 0 spiro atoms. The number of benzene rings is 1. The number of Topliss-reactive ketones (excluding diaryl/α,β-unsaturated/α-hetero) is 1. The molecule has 0 amide bonds. The molecular formula is C17H13ClN4O2. The number of nitriles is 3. The number of aliphatic hydroxyl groups is 1. The van der Waals surface area contributed by atoms with Crippen molar-refractivity contribution in [3.05, 3.63) is 46.1 Å². The van der Waals surface area contributed by atoms with Crippen LogP contribution in [0.4, 0.5) is 0 Å². The van der Waals surface area contributed by atoms with Crippen LogP contribution < -0.4 is 5.73 Å². The fourth-order valence-electron chi connectivity index (χ4n) is 2.95. The van der Waals surface area contributed by atoms with Gasteiger partial charge < -0.3 is 10.8 Å². The van der Waals surface area contributed by atoms with Crippen molar-refractivity contribution < 1.29 is 9.90 Å². The maximum absolute atomic E-state index is 12.6. The van der Waals surface area contributed by atoms with Crippen molar-refractivity contribution in [1.82, 2.24) is 0 Å². The summed E-state index contributed by atoms with van der Waals surface area (Å²) in [7, 11) is 0. The minimum absolute atomic E-state index is 0.0714. The van der Waals surface area contributed by atoms with Crippen LogP contribution in [0.1, 0.15) is 23.2 Å². The second-order valence-corrected chi connectivity index (χ2v) is 6.04. The lowest BCUT2D eigenvalue weighted by Crippen LogP contribution is -2.41. The molecule has 3 N–H and O–H groups in total. The van der Waals surface area contributed by atoms with Gasteiger partial charge in [-0.1, -0.05) is 11.6 Å². The molecule has 0 saturated heterocycles. The third kappa shape index (κ3) is 2.41. The molecule has 6 nitrogen and oxygen atoms in total. The van der Waals surface area contributed by atoms with E-state index in [1.165, 1.54) is 24.3 Å². The lowest BCUT2D eigenvalue weighted by atomic mass is 9.63. The summed E-state index contributed by atoms with van der Waals surface area (Å²) in [6.07, 6.45) is -0.592. The Kier molecular flexibility index (Phi) is 4.62. The molecule has 0 aliphatic heterocycles. The fourth-order valence-corrected chi connectivity index (χ4v) is 3.08. The van der Waals surface area contributed by atoms with Crippen LogP contribution in [0.3, 0.4) is 0 Å². The van der Waals surface area contributed by atoms with Crippen molar-refractivity contribution in [3.63, 3.8) is 0 Å². The highest BCUT2D eigenvalue weighted by Gasteiger charge is 2.61. The van der Waals surface area contributed by atoms with Crippen LogP contribution in [0.25, 0.3) is 0 Å². The van der Waals surface area contributed by atoms with Gasteiger partial charge in [-0.3, -0.25) is 4.79 Å². The zero-order chi connectivity index (χ0) is 18.0. The Hall–Kier alpha value is -2.85. The second-order valence-electron chi connectivity index (χ2n) is 5.61. The summed E-state index contributed by atoms with van der Waals surface area (Å²) in [5, 5.41) is 38.6. The number of carbonyl (C=O) groups is 1. The SMILES string of the molecule is N#CC1(C#N)CC(CO)=C(N)C1(C#N)CC(=O)c1ccc(Cl)cc1. The minimum atomic E-state index is -1.81. The number of allylic oxidation sites excluding steroid dienone is 1. The highest BCUT2D eigenvalue weighted by Crippen LogP contribution is 2.55. The van der Waals surface area contributed by atoms with Gasteiger partial charge >= 0.3 is 0 Å². The Labute approximate surface area is 144 Å². The molecule has 1 aromatic rings. The van der Waals surface area contributed by atoms with Crippen molar-refractivity contribution in [1.29, 1.82) is 15.8 Å². The van der Waals surface area contributed by atoms with E-state index in [2.05, 4.69) is 0 Å². The summed E-state index contributed by atoms with van der Waals surface area (Å²) in [6.45, 7) is -0.477. The molecule has 0 heterocycles. The summed E-state index contributed by atoms with van der Waals surface area (Å²) in [5.41, 5.74) is 2.83. The number of carbonyl (C=O) groups excluding carboxylic acids is 1. The van der Waals surface area contributed by atoms with Crippen molar-refractivity contribution in [3.8, 4) is 18.2 Å². The molecule has 1 aromatic carbocycles. The Bertz CT molecular complexity index is 825. The monoisotopic (exact) mass is 340 g/mol. The third-order valence-electron chi connectivity index (χ3n) is 4.40. The van der Waals surface area contributed by atoms with Gasteiger partial charge in [0.1, 0.15) is 5.41 Å². The van der Waals surface area contributed by atoms with Crippen LogP contribution in [0, 0.1) is 44.8 Å². The normalized spacial score (nSPS) is 21.6. The highest BCUT2D eigenvalue weighted by atomic mass is 35.5. The van der Waals surface area contributed by atoms with Crippen molar-refractivity contribution in [2.75, 3.05) is 6.61 Å². The molecule has 7 heteroatoms. The molecule has 0 fully saturated rings. The van der Waals surface area contributed by atoms with Crippen LogP contribution >= 0.6 is 11.6 Å². The standard InChI is InChI=1S/C17H13ClN4O2/c18-13-3-1-11(2-4-13)14(24)6-17(10-21)15(22)12(7-23)5-16(17,8-19)9-20/h1-4,23H,5-7,22H2. The van der Waals surface area contributed by atoms with E-state index in [0.29, 0.717) is 10.6 Å². The highest BCUT2D eigenvalue weighted by molar-refractivity contribution is 6.30. The summed E-state index contributed by atoms with van der Waals surface area (Å²) < 4.78 is 0. The Morgan fingerprint density at radius 3 is 2.25 bits per heavy atom. The van der Waals surface area contributed by atoms with Crippen molar-refractivity contribution >= 4 is 17.4 Å². The third-order valence-corrected chi connectivity index (χ3v) is 4.66. The lowest BCUT2D eigenvalue weighted by Gasteiger charge is -2.31. The summed E-state index contributed by atoms with van der Waals surface area (Å²) >= 11 is 5.79. The minimum Gasteiger partial charge on any atom is -0.401 e. The van der Waals surface area contributed by atoms with Crippen LogP contribution in [-0.2, 0) is 0 Å². The van der Waals surface area contributed by atoms with E-state index in [-0.39, 0.29) is 17.7 Å². The van der Waals surface area contributed by atoms with Crippen molar-refractivity contribution in [2.45, 2.75) is 12.8 Å². The first-order chi connectivity index (χ1) is 11.4. The van der Waals surface area contributed by atoms with E-state index in [4.69, 9.17) is 17.3 Å². The van der Waals surface area contributed by atoms with E-state index in [9.17, 15) is 25.7 Å². The zero-order valence-corrected chi connectivity index (χ0v) is 13.3. The number of aliphatic hydroxyl groups excluding tert-OH is 1. The maximum atomic E-state index is 12.6. The molecule has 0 saturated carbocycles. The number of nitrogens with two attached hydrogens (primary N) is 1. The number of halogens is 1. The number of hydrogen-bond acceptors (Lipinski definition) is 6. The zero-order valence-electron chi connectivity index (χ0n) is 12.6. The smallest absolute Gasteiger partial charge is 0.172 e. The fraction of sp³-hybridized carbons (Fsp3) is 0.294. The molecule has 24 heavy (non-hydrogen) atoms. The Morgan fingerprint density at radius 2 is 1.79 bits per heavy atom. The predicted octanol–water partition coefficient (Wildman–Crippen LogP) is 2.07. The van der Waals surface area contributed by atoms with E-state index in [0.717, 1.165) is 0 Å². The molecular weight excluding hydrogens is 328 g/mol. The lowest BCUT2D eigenvalue weighted by molar-refractivity contribution is 0.0924. The van der Waals surface area contributed by atoms with Gasteiger partial charge in [-0.05, 0) is 29.8 Å². The molecule has 0 radical (unpaired) electrons. The molecule has 0 bridgehead atoms. The molecule has 120 valence electrons. The summed E-state index contributed by atoms with van der Waals surface area (Å²) in [4.78, 5) is 12.6. The topological polar surface area (TPSA) is 135 Å². The average molecular weight is 341 g/mol. The van der Waals surface area contributed by atoms with Crippen LogP contribution in [0.15, 0.2) is 35.5 Å². The maximum Gasteiger partial charge on any atom is 0.172 e. The number of hydrogen-bond donors (Lipinski definition) is 2. The molecule has 2 rings (SSSR count). The first-order valence-corrected chi connectivity index (χ1v) is 7.39. The van der Waals surface area contributed by atoms with Crippen LogP contribution in [0.2, 0.25) is 5.02 Å². The summed E-state index contributed by atoms with van der Waals surface area (Å²) in [5.74, 6) is -0.440. The molecule has 1 atom stereocenters. The molecule has 1 unspecified atom stereocenters. The van der Waals surface area contributed by atoms with Gasteiger partial charge in [0.2, 0.25) is 0 Å². The van der Waals surface area contributed by atoms with Gasteiger partial charge in [0.15, 0.2) is 11.2 Å². The first-order valence-electron chi connectivity index (χ1n) is 7.01. The van der Waals surface area contributed by atoms with E-state index in [1.807, 2.05) is 18.2 Å². The van der Waals surface area contributed by atoms with Gasteiger partial charge in [0.25, 0.3) is 0 Å². The van der Waals surface area contributed by atoms with Gasteiger partial charge in [0.05, 0.1) is 24.8 Å². The molecule has 0 aromatic heterocycles. The summed E-state index contributed by atoms with van der Waals surface area (Å²) in [6, 6.07) is 11.6. The largest absolute Gasteiger partial charge is 0.401 e. The molecule has 1 aliphatic rings. The number of rotatable bonds is 4. The number of nitrogens with zero attached hydrogens (tertiary/aromatic N) is 3. The van der Waals surface area contributed by atoms with Gasteiger partial charge in [-0.2, -0.15) is 15.8 Å².